The summed E-state index contributed by atoms with van der Waals surface area (Å²) in [6.07, 6.45) is 0.977. The van der Waals surface area contributed by atoms with Crippen LogP contribution in [0.3, 0.4) is 0 Å². The summed E-state index contributed by atoms with van der Waals surface area (Å²) in [7, 11) is 0. The minimum absolute atomic E-state index is 0.0620. The van der Waals surface area contributed by atoms with Gasteiger partial charge in [-0.2, -0.15) is 0 Å². The molecule has 1 aromatic carbocycles. The van der Waals surface area contributed by atoms with Gasteiger partial charge in [0.15, 0.2) is 0 Å². The monoisotopic (exact) mass is 240 g/mol. The van der Waals surface area contributed by atoms with Crippen molar-refractivity contribution >= 4 is 11.6 Å². The van der Waals surface area contributed by atoms with Gasteiger partial charge in [0.05, 0.1) is 5.60 Å². The number of hydrogen-bond donors (Lipinski definition) is 0. The number of halogens is 1. The van der Waals surface area contributed by atoms with Gasteiger partial charge in [-0.1, -0.05) is 30.3 Å². The van der Waals surface area contributed by atoms with Crippen molar-refractivity contribution in [1.82, 2.24) is 0 Å². The van der Waals surface area contributed by atoms with Gasteiger partial charge in [-0.15, -0.1) is 11.6 Å². The molecule has 0 aromatic heterocycles. The second kappa shape index (κ2) is 6.27. The number of rotatable bonds is 5. The minimum atomic E-state index is -0.0620. The fraction of sp³-hybridized carbons (Fsp3) is 0.571. The second-order valence-electron chi connectivity index (χ2n) is 5.01. The first-order valence-electron chi connectivity index (χ1n) is 5.78. The first-order chi connectivity index (χ1) is 7.53. The summed E-state index contributed by atoms with van der Waals surface area (Å²) in [6, 6.07) is 10.4. The molecule has 0 spiro atoms. The Labute approximate surface area is 104 Å². The van der Waals surface area contributed by atoms with Crippen molar-refractivity contribution in [3.05, 3.63) is 35.9 Å². The summed E-state index contributed by atoms with van der Waals surface area (Å²) in [5, 5.41) is 0. The maximum atomic E-state index is 6.00. The van der Waals surface area contributed by atoms with Crippen molar-refractivity contribution in [3.8, 4) is 0 Å². The molecule has 0 radical (unpaired) electrons. The van der Waals surface area contributed by atoms with Gasteiger partial charge < -0.3 is 4.74 Å². The van der Waals surface area contributed by atoms with Gasteiger partial charge in [0.1, 0.15) is 0 Å². The molecule has 90 valence electrons. The third-order valence-electron chi connectivity index (χ3n) is 2.46. The van der Waals surface area contributed by atoms with Crippen LogP contribution in [0.4, 0.5) is 0 Å². The van der Waals surface area contributed by atoms with E-state index in [1.807, 2.05) is 6.07 Å². The lowest BCUT2D eigenvalue weighted by Gasteiger charge is -2.21. The van der Waals surface area contributed by atoms with Crippen molar-refractivity contribution in [2.45, 2.75) is 38.7 Å². The SMILES string of the molecule is CC(C)(C)OCCC(CCl)c1ccccc1. The summed E-state index contributed by atoms with van der Waals surface area (Å²) in [5.74, 6) is 1.04. The zero-order chi connectivity index (χ0) is 12.0. The zero-order valence-corrected chi connectivity index (χ0v) is 11.1. The highest BCUT2D eigenvalue weighted by Crippen LogP contribution is 2.22. The van der Waals surface area contributed by atoms with E-state index < -0.39 is 0 Å². The first-order valence-corrected chi connectivity index (χ1v) is 6.31. The highest BCUT2D eigenvalue weighted by molar-refractivity contribution is 6.18. The molecule has 0 saturated heterocycles. The summed E-state index contributed by atoms with van der Waals surface area (Å²) in [6.45, 7) is 6.98. The number of hydrogen-bond acceptors (Lipinski definition) is 1. The molecule has 0 aliphatic heterocycles. The van der Waals surface area contributed by atoms with Crippen LogP contribution in [0.1, 0.15) is 38.7 Å². The van der Waals surface area contributed by atoms with E-state index in [0.717, 1.165) is 13.0 Å². The van der Waals surface area contributed by atoms with Gasteiger partial charge in [-0.25, -0.2) is 0 Å². The Balaban J connectivity index is 2.45. The molecule has 1 aromatic rings. The molecule has 0 aliphatic carbocycles. The molecular weight excluding hydrogens is 220 g/mol. The lowest BCUT2D eigenvalue weighted by atomic mass is 9.98. The second-order valence-corrected chi connectivity index (χ2v) is 5.32. The summed E-state index contributed by atoms with van der Waals surface area (Å²) in [4.78, 5) is 0. The maximum absolute atomic E-state index is 6.00. The van der Waals surface area contributed by atoms with E-state index >= 15 is 0 Å². The van der Waals surface area contributed by atoms with Crippen LogP contribution in [0.2, 0.25) is 0 Å². The van der Waals surface area contributed by atoms with Crippen molar-refractivity contribution in [3.63, 3.8) is 0 Å². The molecule has 1 nitrogen and oxygen atoms in total. The van der Waals surface area contributed by atoms with Crippen molar-refractivity contribution in [2.75, 3.05) is 12.5 Å². The van der Waals surface area contributed by atoms with Gasteiger partial charge in [-0.05, 0) is 38.7 Å². The van der Waals surface area contributed by atoms with E-state index in [2.05, 4.69) is 45.0 Å². The van der Waals surface area contributed by atoms with Crippen LogP contribution in [0.25, 0.3) is 0 Å². The van der Waals surface area contributed by atoms with E-state index in [-0.39, 0.29) is 5.60 Å². The van der Waals surface area contributed by atoms with Crippen LogP contribution < -0.4 is 0 Å². The number of ether oxygens (including phenoxy) is 1. The molecule has 1 atom stereocenters. The average Bonchev–Trinajstić information content (AvgIpc) is 2.24. The predicted molar refractivity (Wildman–Crippen MR) is 70.2 cm³/mol. The largest absolute Gasteiger partial charge is 0.376 e. The predicted octanol–water partition coefficient (Wildman–Crippen LogP) is 4.21. The van der Waals surface area contributed by atoms with Gasteiger partial charge in [0, 0.05) is 12.5 Å². The van der Waals surface area contributed by atoms with Crippen LogP contribution in [0, 0.1) is 0 Å². The molecule has 0 bridgehead atoms. The first kappa shape index (κ1) is 13.5. The molecular formula is C14H21ClO. The molecule has 0 heterocycles. The van der Waals surface area contributed by atoms with E-state index in [1.165, 1.54) is 5.56 Å². The third-order valence-corrected chi connectivity index (χ3v) is 2.83. The Morgan fingerprint density at radius 3 is 2.31 bits per heavy atom. The zero-order valence-electron chi connectivity index (χ0n) is 10.4. The summed E-state index contributed by atoms with van der Waals surface area (Å²) >= 11 is 6.00. The quantitative estimate of drug-likeness (QED) is 0.701. The Morgan fingerprint density at radius 1 is 1.19 bits per heavy atom. The molecule has 1 unspecified atom stereocenters. The Bertz CT molecular complexity index is 289. The van der Waals surface area contributed by atoms with E-state index in [0.29, 0.717) is 11.8 Å². The number of benzene rings is 1. The molecule has 0 N–H and O–H groups in total. The van der Waals surface area contributed by atoms with Crippen molar-refractivity contribution in [2.24, 2.45) is 0 Å². The van der Waals surface area contributed by atoms with Crippen LogP contribution in [-0.4, -0.2) is 18.1 Å². The van der Waals surface area contributed by atoms with E-state index in [9.17, 15) is 0 Å². The van der Waals surface area contributed by atoms with Gasteiger partial charge in [-0.3, -0.25) is 0 Å². The molecule has 0 saturated carbocycles. The van der Waals surface area contributed by atoms with Crippen LogP contribution >= 0.6 is 11.6 Å². The molecule has 0 fully saturated rings. The molecule has 1 rings (SSSR count). The standard InChI is InChI=1S/C14H21ClO/c1-14(2,3)16-10-9-13(11-15)12-7-5-4-6-8-12/h4-8,13H,9-11H2,1-3H3. The Morgan fingerprint density at radius 2 is 1.81 bits per heavy atom. The third kappa shape index (κ3) is 5.00. The van der Waals surface area contributed by atoms with Gasteiger partial charge in [0.25, 0.3) is 0 Å². The maximum Gasteiger partial charge on any atom is 0.0598 e. The van der Waals surface area contributed by atoms with Crippen LogP contribution in [-0.2, 0) is 4.74 Å². The molecule has 0 amide bonds. The fourth-order valence-electron chi connectivity index (χ4n) is 1.57. The minimum Gasteiger partial charge on any atom is -0.376 e. The van der Waals surface area contributed by atoms with Crippen molar-refractivity contribution in [1.29, 1.82) is 0 Å². The topological polar surface area (TPSA) is 9.23 Å². The fourth-order valence-corrected chi connectivity index (χ4v) is 1.90. The molecule has 0 aliphatic rings. The highest BCUT2D eigenvalue weighted by atomic mass is 35.5. The van der Waals surface area contributed by atoms with E-state index in [1.54, 1.807) is 0 Å². The molecule has 16 heavy (non-hydrogen) atoms. The lowest BCUT2D eigenvalue weighted by molar-refractivity contribution is -0.00565. The van der Waals surface area contributed by atoms with Crippen molar-refractivity contribution < 1.29 is 4.74 Å². The van der Waals surface area contributed by atoms with Gasteiger partial charge >= 0.3 is 0 Å². The summed E-state index contributed by atoms with van der Waals surface area (Å²) in [5.41, 5.74) is 1.24. The van der Waals surface area contributed by atoms with Gasteiger partial charge in [0.2, 0.25) is 0 Å². The highest BCUT2D eigenvalue weighted by Gasteiger charge is 2.13. The summed E-state index contributed by atoms with van der Waals surface area (Å²) < 4.78 is 5.72. The van der Waals surface area contributed by atoms with Crippen LogP contribution in [0.5, 0.6) is 0 Å². The molecule has 2 heteroatoms. The Hall–Kier alpha value is -0.530. The lowest BCUT2D eigenvalue weighted by Crippen LogP contribution is -2.21. The normalized spacial score (nSPS) is 13.8. The van der Waals surface area contributed by atoms with E-state index in [4.69, 9.17) is 16.3 Å². The smallest absolute Gasteiger partial charge is 0.0598 e. The van der Waals surface area contributed by atoms with Crippen LogP contribution in [0.15, 0.2) is 30.3 Å². The Kier molecular flexibility index (Phi) is 5.30. The number of alkyl halides is 1. The average molecular weight is 241 g/mol.